The molecule has 1 aliphatic heterocycles. The van der Waals surface area contributed by atoms with Crippen LogP contribution in [0, 0.1) is 0 Å². The van der Waals surface area contributed by atoms with Gasteiger partial charge in [-0.15, -0.1) is 0 Å². The maximum absolute atomic E-state index is 9.03. The maximum Gasteiger partial charge on any atom is 0.187 e. The lowest BCUT2D eigenvalue weighted by atomic mass is 10.3. The van der Waals surface area contributed by atoms with Crippen molar-refractivity contribution in [2.45, 2.75) is 45.1 Å². The Kier molecular flexibility index (Phi) is 4.48. The Bertz CT molecular complexity index is 194. The molecule has 5 heteroatoms. The van der Waals surface area contributed by atoms with E-state index in [0.717, 1.165) is 0 Å². The quantitative estimate of drug-likeness (QED) is 0.731. The van der Waals surface area contributed by atoms with Crippen LogP contribution in [0.15, 0.2) is 0 Å². The molecule has 1 fully saturated rings. The van der Waals surface area contributed by atoms with Gasteiger partial charge >= 0.3 is 0 Å². The summed E-state index contributed by atoms with van der Waals surface area (Å²) in [5.41, 5.74) is 0. The number of methoxy groups -OCH3 is 1. The lowest BCUT2D eigenvalue weighted by molar-refractivity contribution is -0.214. The minimum absolute atomic E-state index is 0.0964. The first kappa shape index (κ1) is 12.9. The van der Waals surface area contributed by atoms with E-state index in [1.54, 1.807) is 7.11 Å². The van der Waals surface area contributed by atoms with E-state index in [1.165, 1.54) is 0 Å². The lowest BCUT2D eigenvalue weighted by Gasteiger charge is -2.21. The fourth-order valence-electron chi connectivity index (χ4n) is 1.56. The van der Waals surface area contributed by atoms with Crippen molar-refractivity contribution in [3.8, 4) is 0 Å². The van der Waals surface area contributed by atoms with Gasteiger partial charge in [0.2, 0.25) is 0 Å². The van der Waals surface area contributed by atoms with Gasteiger partial charge in [-0.25, -0.2) is 0 Å². The van der Waals surface area contributed by atoms with Gasteiger partial charge in [0.1, 0.15) is 12.2 Å². The number of hydrogen-bond acceptors (Lipinski definition) is 5. The molecular weight excluding hydrogens is 200 g/mol. The first-order chi connectivity index (χ1) is 6.98. The molecule has 0 spiro atoms. The predicted octanol–water partition coefficient (Wildman–Crippen LogP) is 0.508. The van der Waals surface area contributed by atoms with Gasteiger partial charge < -0.3 is 24.1 Å². The van der Waals surface area contributed by atoms with Gasteiger partial charge in [-0.3, -0.25) is 0 Å². The molecule has 1 heterocycles. The van der Waals surface area contributed by atoms with Crippen molar-refractivity contribution in [2.75, 3.05) is 20.3 Å². The molecule has 1 saturated heterocycles. The van der Waals surface area contributed by atoms with Gasteiger partial charge in [0.25, 0.3) is 0 Å². The van der Waals surface area contributed by atoms with Crippen molar-refractivity contribution in [3.63, 3.8) is 0 Å². The van der Waals surface area contributed by atoms with E-state index in [9.17, 15) is 0 Å². The smallest absolute Gasteiger partial charge is 0.187 e. The van der Waals surface area contributed by atoms with Crippen molar-refractivity contribution in [1.82, 2.24) is 0 Å². The topological polar surface area (TPSA) is 57.2 Å². The van der Waals surface area contributed by atoms with Crippen LogP contribution in [-0.2, 0) is 18.9 Å². The standard InChI is InChI=1S/C10H20O5/c1-7-9(15-10(2,3)14-7)13-8(5-11)6-12-4/h7-9,11H,5-6H2,1-4H3/t7?,8-,9-/m1/s1. The van der Waals surface area contributed by atoms with Gasteiger partial charge in [0, 0.05) is 7.11 Å². The fraction of sp³-hybridized carbons (Fsp3) is 1.00. The third kappa shape index (κ3) is 3.70. The molecule has 0 radical (unpaired) electrons. The predicted molar refractivity (Wildman–Crippen MR) is 53.3 cm³/mol. The number of aliphatic hydroxyl groups is 1. The largest absolute Gasteiger partial charge is 0.394 e. The third-order valence-electron chi connectivity index (χ3n) is 2.14. The molecule has 0 saturated carbocycles. The van der Waals surface area contributed by atoms with E-state index in [-0.39, 0.29) is 18.8 Å². The highest BCUT2D eigenvalue weighted by molar-refractivity contribution is 4.73. The van der Waals surface area contributed by atoms with Gasteiger partial charge in [0.15, 0.2) is 12.1 Å². The average Bonchev–Trinajstić information content (AvgIpc) is 2.39. The van der Waals surface area contributed by atoms with Crippen LogP contribution in [0.5, 0.6) is 0 Å². The molecule has 1 unspecified atom stereocenters. The van der Waals surface area contributed by atoms with Crippen molar-refractivity contribution in [1.29, 1.82) is 0 Å². The number of hydrogen-bond donors (Lipinski definition) is 1. The molecule has 0 aliphatic carbocycles. The molecule has 3 atom stereocenters. The first-order valence-corrected chi connectivity index (χ1v) is 5.09. The Morgan fingerprint density at radius 2 is 2.07 bits per heavy atom. The molecule has 5 nitrogen and oxygen atoms in total. The highest BCUT2D eigenvalue weighted by Crippen LogP contribution is 2.29. The van der Waals surface area contributed by atoms with Crippen LogP contribution < -0.4 is 0 Å². The van der Waals surface area contributed by atoms with Crippen LogP contribution >= 0.6 is 0 Å². The SMILES string of the molecule is COC[C@@H](CO)O[C@@H]1OC(C)(C)OC1C. The Hall–Kier alpha value is -0.200. The maximum atomic E-state index is 9.03. The summed E-state index contributed by atoms with van der Waals surface area (Å²) < 4.78 is 21.5. The summed E-state index contributed by atoms with van der Waals surface area (Å²) in [4.78, 5) is 0. The zero-order valence-electron chi connectivity index (χ0n) is 9.73. The van der Waals surface area contributed by atoms with E-state index >= 15 is 0 Å². The second-order valence-corrected chi connectivity index (χ2v) is 4.11. The van der Waals surface area contributed by atoms with Gasteiger partial charge in [0.05, 0.1) is 13.2 Å². The third-order valence-corrected chi connectivity index (χ3v) is 2.14. The van der Waals surface area contributed by atoms with E-state index in [0.29, 0.717) is 6.61 Å². The molecular formula is C10H20O5. The number of ether oxygens (including phenoxy) is 4. The molecule has 0 aromatic carbocycles. The summed E-state index contributed by atoms with van der Waals surface area (Å²) in [6.45, 7) is 5.78. The van der Waals surface area contributed by atoms with E-state index in [4.69, 9.17) is 24.1 Å². The van der Waals surface area contributed by atoms with Crippen LogP contribution in [0.1, 0.15) is 20.8 Å². The Morgan fingerprint density at radius 1 is 1.40 bits per heavy atom. The lowest BCUT2D eigenvalue weighted by Crippen LogP contribution is -2.33. The molecule has 1 N–H and O–H groups in total. The summed E-state index contributed by atoms with van der Waals surface area (Å²) in [7, 11) is 1.56. The van der Waals surface area contributed by atoms with Crippen molar-refractivity contribution in [2.24, 2.45) is 0 Å². The Balaban J connectivity index is 2.44. The van der Waals surface area contributed by atoms with Gasteiger partial charge in [-0.05, 0) is 20.8 Å². The van der Waals surface area contributed by atoms with Crippen LogP contribution in [0.25, 0.3) is 0 Å². The van der Waals surface area contributed by atoms with Crippen LogP contribution in [0.4, 0.5) is 0 Å². The Morgan fingerprint density at radius 3 is 2.47 bits per heavy atom. The van der Waals surface area contributed by atoms with Crippen LogP contribution in [0.2, 0.25) is 0 Å². The van der Waals surface area contributed by atoms with E-state index < -0.39 is 12.1 Å². The van der Waals surface area contributed by atoms with E-state index in [2.05, 4.69) is 0 Å². The normalized spacial score (nSPS) is 31.8. The van der Waals surface area contributed by atoms with Crippen LogP contribution in [-0.4, -0.2) is 49.7 Å². The molecule has 1 rings (SSSR count). The molecule has 0 bridgehead atoms. The van der Waals surface area contributed by atoms with Crippen molar-refractivity contribution in [3.05, 3.63) is 0 Å². The van der Waals surface area contributed by atoms with Crippen molar-refractivity contribution < 1.29 is 24.1 Å². The second-order valence-electron chi connectivity index (χ2n) is 4.11. The van der Waals surface area contributed by atoms with Crippen molar-refractivity contribution >= 4 is 0 Å². The minimum atomic E-state index is -0.628. The van der Waals surface area contributed by atoms with Gasteiger partial charge in [-0.2, -0.15) is 0 Å². The summed E-state index contributed by atoms with van der Waals surface area (Å²) >= 11 is 0. The number of aliphatic hydroxyl groups excluding tert-OH is 1. The fourth-order valence-corrected chi connectivity index (χ4v) is 1.56. The van der Waals surface area contributed by atoms with Crippen LogP contribution in [0.3, 0.4) is 0 Å². The zero-order chi connectivity index (χ0) is 11.5. The minimum Gasteiger partial charge on any atom is -0.394 e. The molecule has 15 heavy (non-hydrogen) atoms. The summed E-state index contributed by atoms with van der Waals surface area (Å²) in [6, 6.07) is 0. The molecule has 0 aromatic heterocycles. The number of rotatable bonds is 5. The van der Waals surface area contributed by atoms with Gasteiger partial charge in [-0.1, -0.05) is 0 Å². The Labute approximate surface area is 90.3 Å². The second kappa shape index (κ2) is 5.23. The summed E-state index contributed by atoms with van der Waals surface area (Å²) in [5, 5.41) is 9.03. The van der Waals surface area contributed by atoms with E-state index in [1.807, 2.05) is 20.8 Å². The first-order valence-electron chi connectivity index (χ1n) is 5.09. The zero-order valence-corrected chi connectivity index (χ0v) is 9.73. The summed E-state index contributed by atoms with van der Waals surface area (Å²) in [5.74, 6) is -0.628. The molecule has 0 amide bonds. The summed E-state index contributed by atoms with van der Waals surface area (Å²) in [6.07, 6.45) is -0.974. The molecule has 1 aliphatic rings. The molecule has 0 aromatic rings. The highest BCUT2D eigenvalue weighted by Gasteiger charge is 2.40. The highest BCUT2D eigenvalue weighted by atomic mass is 16.8. The monoisotopic (exact) mass is 220 g/mol. The average molecular weight is 220 g/mol. The molecule has 90 valence electrons.